The molecule has 0 aromatic heterocycles. The van der Waals surface area contributed by atoms with Gasteiger partial charge in [-0.3, -0.25) is 9.59 Å². The van der Waals surface area contributed by atoms with E-state index in [1.54, 1.807) is 21.9 Å². The molecule has 6 heteroatoms. The largest absolute Gasteiger partial charge is 0.341 e. The van der Waals surface area contributed by atoms with E-state index in [0.717, 1.165) is 5.56 Å². The van der Waals surface area contributed by atoms with Crippen LogP contribution in [-0.2, 0) is 11.2 Å². The minimum atomic E-state index is -0.429. The molecule has 26 heavy (non-hydrogen) atoms. The van der Waals surface area contributed by atoms with E-state index in [-0.39, 0.29) is 18.2 Å². The highest BCUT2D eigenvalue weighted by atomic mass is 35.5. The monoisotopic (exact) mass is 374 g/mol. The second-order valence-corrected chi connectivity index (χ2v) is 6.71. The number of rotatable bonds is 3. The summed E-state index contributed by atoms with van der Waals surface area (Å²) >= 11 is 6.13. The number of benzene rings is 2. The Labute approximate surface area is 157 Å². The zero-order chi connectivity index (χ0) is 18.5. The van der Waals surface area contributed by atoms with Gasteiger partial charge in [0.15, 0.2) is 0 Å². The van der Waals surface area contributed by atoms with Crippen LogP contribution in [0.5, 0.6) is 0 Å². The Kier molecular flexibility index (Phi) is 5.89. The van der Waals surface area contributed by atoms with Crippen LogP contribution in [0.25, 0.3) is 0 Å². The second kappa shape index (κ2) is 8.32. The van der Waals surface area contributed by atoms with Crippen LogP contribution < -0.4 is 0 Å². The fourth-order valence-corrected chi connectivity index (χ4v) is 3.29. The van der Waals surface area contributed by atoms with Gasteiger partial charge in [0.05, 0.1) is 6.42 Å². The molecule has 2 amide bonds. The van der Waals surface area contributed by atoms with Gasteiger partial charge in [0.25, 0.3) is 5.91 Å². The highest BCUT2D eigenvalue weighted by molar-refractivity contribution is 6.31. The van der Waals surface area contributed by atoms with E-state index in [1.165, 1.54) is 18.2 Å². The lowest BCUT2D eigenvalue weighted by Gasteiger charge is -2.22. The summed E-state index contributed by atoms with van der Waals surface area (Å²) in [6, 6.07) is 13.0. The third kappa shape index (κ3) is 4.41. The van der Waals surface area contributed by atoms with E-state index < -0.39 is 5.82 Å². The van der Waals surface area contributed by atoms with Crippen molar-refractivity contribution < 1.29 is 14.0 Å². The Morgan fingerprint density at radius 3 is 2.46 bits per heavy atom. The van der Waals surface area contributed by atoms with Gasteiger partial charge in [-0.2, -0.15) is 0 Å². The minimum absolute atomic E-state index is 0.00171. The summed E-state index contributed by atoms with van der Waals surface area (Å²) in [4.78, 5) is 28.6. The second-order valence-electron chi connectivity index (χ2n) is 6.31. The van der Waals surface area contributed by atoms with Crippen molar-refractivity contribution in [1.82, 2.24) is 9.80 Å². The molecule has 2 aromatic rings. The van der Waals surface area contributed by atoms with E-state index in [9.17, 15) is 14.0 Å². The van der Waals surface area contributed by atoms with Gasteiger partial charge in [-0.05, 0) is 36.2 Å². The summed E-state index contributed by atoms with van der Waals surface area (Å²) in [5.41, 5.74) is 1.14. The Hall–Kier alpha value is -2.40. The quantitative estimate of drug-likeness (QED) is 0.826. The molecule has 0 atom stereocenters. The number of carbonyl (C=O) groups is 2. The van der Waals surface area contributed by atoms with Gasteiger partial charge in [-0.15, -0.1) is 0 Å². The molecule has 3 rings (SSSR count). The summed E-state index contributed by atoms with van der Waals surface area (Å²) in [5.74, 6) is -0.634. The summed E-state index contributed by atoms with van der Waals surface area (Å²) in [7, 11) is 0. The van der Waals surface area contributed by atoms with Crippen molar-refractivity contribution >= 4 is 23.4 Å². The summed E-state index contributed by atoms with van der Waals surface area (Å²) < 4.78 is 13.3. The molecule has 4 nitrogen and oxygen atoms in total. The molecule has 0 unspecified atom stereocenters. The molecule has 0 bridgehead atoms. The first-order valence-electron chi connectivity index (χ1n) is 8.60. The average Bonchev–Trinajstić information content (AvgIpc) is 2.89. The van der Waals surface area contributed by atoms with Crippen molar-refractivity contribution in [2.75, 3.05) is 26.2 Å². The Morgan fingerprint density at radius 1 is 0.962 bits per heavy atom. The van der Waals surface area contributed by atoms with E-state index in [2.05, 4.69) is 0 Å². The number of hydrogen-bond acceptors (Lipinski definition) is 2. The summed E-state index contributed by atoms with van der Waals surface area (Å²) in [5, 5.41) is 0.582. The number of amides is 2. The number of nitrogens with zero attached hydrogens (tertiary/aromatic N) is 2. The zero-order valence-electron chi connectivity index (χ0n) is 14.3. The number of carbonyl (C=O) groups excluding carboxylic acids is 2. The lowest BCUT2D eigenvalue weighted by molar-refractivity contribution is -0.130. The normalized spacial score (nSPS) is 14.8. The van der Waals surface area contributed by atoms with Crippen molar-refractivity contribution in [2.45, 2.75) is 12.8 Å². The molecule has 1 aliphatic rings. The lowest BCUT2D eigenvalue weighted by Crippen LogP contribution is -2.38. The summed E-state index contributed by atoms with van der Waals surface area (Å²) in [6.07, 6.45) is 0.937. The number of hydrogen-bond donors (Lipinski definition) is 0. The van der Waals surface area contributed by atoms with Crippen LogP contribution in [0, 0.1) is 5.82 Å². The fraction of sp³-hybridized carbons (Fsp3) is 0.300. The molecular weight excluding hydrogens is 355 g/mol. The van der Waals surface area contributed by atoms with Crippen molar-refractivity contribution in [3.05, 3.63) is 70.5 Å². The van der Waals surface area contributed by atoms with E-state index >= 15 is 0 Å². The topological polar surface area (TPSA) is 40.6 Å². The van der Waals surface area contributed by atoms with Crippen molar-refractivity contribution in [3.8, 4) is 0 Å². The summed E-state index contributed by atoms with van der Waals surface area (Å²) in [6.45, 7) is 2.04. The molecule has 1 heterocycles. The molecule has 1 fully saturated rings. The van der Waals surface area contributed by atoms with Gasteiger partial charge in [0, 0.05) is 36.8 Å². The highest BCUT2D eigenvalue weighted by Crippen LogP contribution is 2.17. The predicted molar refractivity (Wildman–Crippen MR) is 98.7 cm³/mol. The lowest BCUT2D eigenvalue weighted by atomic mass is 10.1. The van der Waals surface area contributed by atoms with Crippen molar-refractivity contribution in [3.63, 3.8) is 0 Å². The molecule has 0 saturated carbocycles. The van der Waals surface area contributed by atoms with E-state index in [4.69, 9.17) is 11.6 Å². The van der Waals surface area contributed by atoms with E-state index in [0.29, 0.717) is 43.2 Å². The molecule has 1 aliphatic heterocycles. The Bertz CT molecular complexity index is 812. The predicted octanol–water partition coefficient (Wildman–Crippen LogP) is 3.40. The van der Waals surface area contributed by atoms with Gasteiger partial charge in [0.1, 0.15) is 5.82 Å². The van der Waals surface area contributed by atoms with E-state index in [1.807, 2.05) is 18.2 Å². The minimum Gasteiger partial charge on any atom is -0.341 e. The Balaban J connectivity index is 1.62. The van der Waals surface area contributed by atoms with Crippen molar-refractivity contribution in [1.29, 1.82) is 0 Å². The van der Waals surface area contributed by atoms with Crippen LogP contribution in [0.2, 0.25) is 5.02 Å². The maximum atomic E-state index is 13.3. The van der Waals surface area contributed by atoms with Crippen LogP contribution in [0.15, 0.2) is 48.5 Å². The molecule has 136 valence electrons. The molecule has 0 N–H and O–H groups in total. The Morgan fingerprint density at radius 2 is 1.69 bits per heavy atom. The smallest absolute Gasteiger partial charge is 0.254 e. The molecule has 2 aromatic carbocycles. The van der Waals surface area contributed by atoms with Gasteiger partial charge >= 0.3 is 0 Å². The fourth-order valence-electron chi connectivity index (χ4n) is 3.09. The maximum Gasteiger partial charge on any atom is 0.254 e. The SMILES string of the molecule is O=C(Cc1ccccc1Cl)N1CCCN(C(=O)c2cccc(F)c2)CC1. The first-order chi connectivity index (χ1) is 12.5. The first kappa shape index (κ1) is 18.4. The van der Waals surface area contributed by atoms with Crippen molar-refractivity contribution in [2.24, 2.45) is 0 Å². The van der Waals surface area contributed by atoms with Crippen LogP contribution in [0.4, 0.5) is 4.39 Å². The zero-order valence-corrected chi connectivity index (χ0v) is 15.1. The van der Waals surface area contributed by atoms with Gasteiger partial charge in [-0.1, -0.05) is 35.9 Å². The van der Waals surface area contributed by atoms with Crippen LogP contribution >= 0.6 is 11.6 Å². The van der Waals surface area contributed by atoms with Crippen LogP contribution in [0.1, 0.15) is 22.3 Å². The first-order valence-corrected chi connectivity index (χ1v) is 8.98. The third-order valence-corrected chi connectivity index (χ3v) is 4.88. The van der Waals surface area contributed by atoms with Gasteiger partial charge in [0.2, 0.25) is 5.91 Å². The van der Waals surface area contributed by atoms with Gasteiger partial charge in [-0.25, -0.2) is 4.39 Å². The van der Waals surface area contributed by atoms with Crippen LogP contribution in [-0.4, -0.2) is 47.8 Å². The van der Waals surface area contributed by atoms with Crippen LogP contribution in [0.3, 0.4) is 0 Å². The maximum absolute atomic E-state index is 13.3. The molecule has 1 saturated heterocycles. The highest BCUT2D eigenvalue weighted by Gasteiger charge is 2.23. The third-order valence-electron chi connectivity index (χ3n) is 4.51. The van der Waals surface area contributed by atoms with Gasteiger partial charge < -0.3 is 9.80 Å². The molecule has 0 aliphatic carbocycles. The average molecular weight is 375 g/mol. The molecule has 0 spiro atoms. The molecule has 0 radical (unpaired) electrons. The number of halogens is 2. The standard InChI is InChI=1S/C20H20ClFN2O2/c21-18-8-2-1-5-15(18)14-19(25)23-9-4-10-24(12-11-23)20(26)16-6-3-7-17(22)13-16/h1-3,5-8,13H,4,9-12,14H2. The molecular formula is C20H20ClFN2O2.